The van der Waals surface area contributed by atoms with E-state index in [1.165, 1.54) is 0 Å². The largest absolute Gasteiger partial charge is 0.383 e. The highest BCUT2D eigenvalue weighted by Gasteiger charge is 2.05. The van der Waals surface area contributed by atoms with Gasteiger partial charge in [-0.2, -0.15) is 0 Å². The number of nitrogens with two attached hydrogens (primary N) is 1. The lowest BCUT2D eigenvalue weighted by Crippen LogP contribution is -2.31. The molecule has 1 atom stereocenters. The topological polar surface area (TPSA) is 53.1 Å². The summed E-state index contributed by atoms with van der Waals surface area (Å²) in [7, 11) is 1.66. The molecule has 1 heterocycles. The van der Waals surface area contributed by atoms with Crippen molar-refractivity contribution in [3.05, 3.63) is 18.2 Å². The summed E-state index contributed by atoms with van der Waals surface area (Å²) < 4.78 is 7.04. The van der Waals surface area contributed by atoms with Gasteiger partial charge in [-0.15, -0.1) is 0 Å². The first kappa shape index (κ1) is 10.2. The van der Waals surface area contributed by atoms with Gasteiger partial charge in [0.1, 0.15) is 5.82 Å². The maximum Gasteiger partial charge on any atom is 0.108 e. The van der Waals surface area contributed by atoms with E-state index < -0.39 is 0 Å². The predicted octanol–water partition coefficient (Wildman–Crippen LogP) is 0.419. The maximum atomic E-state index is 5.83. The Morgan fingerprint density at radius 2 is 2.46 bits per heavy atom. The van der Waals surface area contributed by atoms with Crippen LogP contribution in [0, 0.1) is 0 Å². The highest BCUT2D eigenvalue weighted by atomic mass is 16.5. The second-order valence-electron chi connectivity index (χ2n) is 3.06. The molecule has 4 heteroatoms. The zero-order valence-electron chi connectivity index (χ0n) is 8.23. The van der Waals surface area contributed by atoms with Gasteiger partial charge < -0.3 is 15.0 Å². The standard InChI is InChI=1S/C9H17N3O/c1-3-9-11-4-5-12(9)6-8(10)7-13-2/h4-5,8H,3,6-7,10H2,1-2H3. The van der Waals surface area contributed by atoms with Crippen LogP contribution in [0.4, 0.5) is 0 Å². The summed E-state index contributed by atoms with van der Waals surface area (Å²) in [5.74, 6) is 1.08. The van der Waals surface area contributed by atoms with Crippen LogP contribution in [0.5, 0.6) is 0 Å². The minimum absolute atomic E-state index is 0.0458. The van der Waals surface area contributed by atoms with Crippen molar-refractivity contribution in [3.8, 4) is 0 Å². The number of aryl methyl sites for hydroxylation is 1. The van der Waals surface area contributed by atoms with E-state index in [1.807, 2.05) is 6.20 Å². The second-order valence-corrected chi connectivity index (χ2v) is 3.06. The fourth-order valence-corrected chi connectivity index (χ4v) is 1.34. The van der Waals surface area contributed by atoms with Gasteiger partial charge in [-0.3, -0.25) is 0 Å². The van der Waals surface area contributed by atoms with Crippen molar-refractivity contribution in [3.63, 3.8) is 0 Å². The molecule has 2 N–H and O–H groups in total. The quantitative estimate of drug-likeness (QED) is 0.719. The van der Waals surface area contributed by atoms with Gasteiger partial charge in [0.2, 0.25) is 0 Å². The number of methoxy groups -OCH3 is 1. The molecular formula is C9H17N3O. The van der Waals surface area contributed by atoms with Crippen LogP contribution in [-0.2, 0) is 17.7 Å². The Morgan fingerprint density at radius 3 is 3.08 bits per heavy atom. The molecular weight excluding hydrogens is 166 g/mol. The van der Waals surface area contributed by atoms with Crippen LogP contribution in [0.2, 0.25) is 0 Å². The summed E-state index contributed by atoms with van der Waals surface area (Å²) in [5, 5.41) is 0. The number of aromatic nitrogens is 2. The molecule has 0 saturated carbocycles. The molecule has 0 spiro atoms. The van der Waals surface area contributed by atoms with E-state index in [2.05, 4.69) is 16.5 Å². The normalized spacial score (nSPS) is 13.2. The third-order valence-electron chi connectivity index (χ3n) is 1.93. The van der Waals surface area contributed by atoms with Crippen molar-refractivity contribution < 1.29 is 4.74 Å². The molecule has 0 aliphatic rings. The van der Waals surface area contributed by atoms with Crippen molar-refractivity contribution in [2.75, 3.05) is 13.7 Å². The van der Waals surface area contributed by atoms with E-state index >= 15 is 0 Å². The van der Waals surface area contributed by atoms with Gasteiger partial charge in [-0.1, -0.05) is 6.92 Å². The third kappa shape index (κ3) is 2.82. The summed E-state index contributed by atoms with van der Waals surface area (Å²) in [6.45, 7) is 3.44. The molecule has 1 unspecified atom stereocenters. The summed E-state index contributed by atoms with van der Waals surface area (Å²) in [6, 6.07) is 0.0458. The minimum Gasteiger partial charge on any atom is -0.383 e. The Bertz CT molecular complexity index is 247. The van der Waals surface area contributed by atoms with Crippen LogP contribution >= 0.6 is 0 Å². The van der Waals surface area contributed by atoms with Crippen LogP contribution in [0.1, 0.15) is 12.7 Å². The van der Waals surface area contributed by atoms with E-state index in [9.17, 15) is 0 Å². The lowest BCUT2D eigenvalue weighted by molar-refractivity contribution is 0.173. The van der Waals surface area contributed by atoms with Crippen LogP contribution in [0.25, 0.3) is 0 Å². The summed E-state index contributed by atoms with van der Waals surface area (Å²) in [5.41, 5.74) is 5.83. The Balaban J connectivity index is 2.52. The molecule has 0 radical (unpaired) electrons. The zero-order chi connectivity index (χ0) is 9.68. The summed E-state index contributed by atoms with van der Waals surface area (Å²) in [6.07, 6.45) is 4.69. The SMILES string of the molecule is CCc1nccn1CC(N)COC. The average molecular weight is 183 g/mol. The molecule has 1 aromatic heterocycles. The highest BCUT2D eigenvalue weighted by Crippen LogP contribution is 1.99. The molecule has 0 aromatic carbocycles. The Hall–Kier alpha value is -0.870. The molecule has 0 fully saturated rings. The van der Waals surface area contributed by atoms with Gasteiger partial charge in [0.25, 0.3) is 0 Å². The molecule has 13 heavy (non-hydrogen) atoms. The lowest BCUT2D eigenvalue weighted by atomic mass is 10.3. The fraction of sp³-hybridized carbons (Fsp3) is 0.667. The van der Waals surface area contributed by atoms with Crippen molar-refractivity contribution in [2.24, 2.45) is 5.73 Å². The van der Waals surface area contributed by atoms with E-state index in [-0.39, 0.29) is 6.04 Å². The van der Waals surface area contributed by atoms with Gasteiger partial charge in [-0.05, 0) is 0 Å². The number of hydrogen-bond donors (Lipinski definition) is 1. The molecule has 1 rings (SSSR count). The maximum absolute atomic E-state index is 5.83. The third-order valence-corrected chi connectivity index (χ3v) is 1.93. The molecule has 4 nitrogen and oxygen atoms in total. The van der Waals surface area contributed by atoms with E-state index in [0.29, 0.717) is 6.61 Å². The van der Waals surface area contributed by atoms with Crippen molar-refractivity contribution >= 4 is 0 Å². The molecule has 0 aliphatic heterocycles. The number of hydrogen-bond acceptors (Lipinski definition) is 3. The number of rotatable bonds is 5. The number of ether oxygens (including phenoxy) is 1. The second kappa shape index (κ2) is 4.99. The minimum atomic E-state index is 0.0458. The van der Waals surface area contributed by atoms with Crippen LogP contribution in [0.3, 0.4) is 0 Å². The van der Waals surface area contributed by atoms with Crippen molar-refractivity contribution in [2.45, 2.75) is 25.9 Å². The molecule has 1 aromatic rings. The first-order valence-electron chi connectivity index (χ1n) is 4.52. The first-order valence-corrected chi connectivity index (χ1v) is 4.52. The molecule has 0 saturated heterocycles. The van der Waals surface area contributed by atoms with E-state index in [0.717, 1.165) is 18.8 Å². The van der Waals surface area contributed by atoms with Crippen LogP contribution in [0.15, 0.2) is 12.4 Å². The van der Waals surface area contributed by atoms with Gasteiger partial charge in [0, 0.05) is 38.5 Å². The molecule has 0 aliphatic carbocycles. The number of nitrogens with zero attached hydrogens (tertiary/aromatic N) is 2. The Morgan fingerprint density at radius 1 is 1.69 bits per heavy atom. The van der Waals surface area contributed by atoms with Gasteiger partial charge in [0.05, 0.1) is 6.61 Å². The van der Waals surface area contributed by atoms with Crippen molar-refractivity contribution in [1.29, 1.82) is 0 Å². The summed E-state index contributed by atoms with van der Waals surface area (Å²) in [4.78, 5) is 4.21. The fourth-order valence-electron chi connectivity index (χ4n) is 1.34. The average Bonchev–Trinajstić information content (AvgIpc) is 2.52. The van der Waals surface area contributed by atoms with Gasteiger partial charge in [-0.25, -0.2) is 4.98 Å². The Kier molecular flexibility index (Phi) is 3.92. The lowest BCUT2D eigenvalue weighted by Gasteiger charge is -2.12. The summed E-state index contributed by atoms with van der Waals surface area (Å²) >= 11 is 0. The van der Waals surface area contributed by atoms with Gasteiger partial charge in [0.15, 0.2) is 0 Å². The van der Waals surface area contributed by atoms with Crippen LogP contribution < -0.4 is 5.73 Å². The predicted molar refractivity (Wildman–Crippen MR) is 51.5 cm³/mol. The number of imidazole rings is 1. The molecule has 0 amide bonds. The zero-order valence-corrected chi connectivity index (χ0v) is 8.23. The van der Waals surface area contributed by atoms with E-state index in [1.54, 1.807) is 13.3 Å². The van der Waals surface area contributed by atoms with Crippen LogP contribution in [-0.4, -0.2) is 29.3 Å². The van der Waals surface area contributed by atoms with Gasteiger partial charge >= 0.3 is 0 Å². The smallest absolute Gasteiger partial charge is 0.108 e. The van der Waals surface area contributed by atoms with E-state index in [4.69, 9.17) is 10.5 Å². The highest BCUT2D eigenvalue weighted by molar-refractivity contribution is 4.92. The first-order chi connectivity index (χ1) is 6.27. The van der Waals surface area contributed by atoms with Crippen molar-refractivity contribution in [1.82, 2.24) is 9.55 Å². The molecule has 74 valence electrons. The Labute approximate surface area is 78.7 Å². The molecule has 0 bridgehead atoms. The monoisotopic (exact) mass is 183 g/mol.